The summed E-state index contributed by atoms with van der Waals surface area (Å²) in [4.78, 5) is 27.6. The second-order valence-corrected chi connectivity index (χ2v) is 7.60. The Hall–Kier alpha value is -3.48. The smallest absolute Gasteiger partial charge is 0.254 e. The third kappa shape index (κ3) is 4.35. The molecule has 1 atom stereocenters. The number of rotatable bonds is 4. The zero-order valence-electron chi connectivity index (χ0n) is 17.0. The lowest BCUT2D eigenvalue weighted by atomic mass is 9.95. The molecule has 3 aromatic carbocycles. The molecule has 2 amide bonds. The minimum atomic E-state index is -0.762. The molecule has 3 aromatic rings. The molecule has 4 rings (SSSR count). The van der Waals surface area contributed by atoms with Gasteiger partial charge in [0.25, 0.3) is 5.91 Å². The number of hydrogen-bond acceptors (Lipinski definition) is 3. The average molecular weight is 424 g/mol. The number of benzene rings is 3. The molecule has 5 nitrogen and oxygen atoms in total. The van der Waals surface area contributed by atoms with Crippen LogP contribution in [0.5, 0.6) is 5.75 Å². The van der Waals surface area contributed by atoms with E-state index in [0.717, 1.165) is 29.0 Å². The number of ether oxygens (including phenoxy) is 1. The van der Waals surface area contributed by atoms with Gasteiger partial charge < -0.3 is 15.0 Å². The number of amides is 2. The number of fused-ring (bicyclic) bond motifs is 1. The zero-order chi connectivity index (χ0) is 22.0. The van der Waals surface area contributed by atoms with Crippen LogP contribution in [0.25, 0.3) is 10.8 Å². The van der Waals surface area contributed by atoms with Gasteiger partial charge in [0.15, 0.2) is 0 Å². The van der Waals surface area contributed by atoms with Crippen molar-refractivity contribution in [2.75, 3.05) is 25.5 Å². The van der Waals surface area contributed by atoms with Crippen molar-refractivity contribution in [3.63, 3.8) is 0 Å². The number of likely N-dealkylation sites (tertiary alicyclic amines) is 1. The second-order valence-electron chi connectivity index (χ2n) is 7.60. The molecule has 0 bridgehead atoms. The molecule has 160 valence electrons. The maximum atomic E-state index is 13.4. The Morgan fingerprint density at radius 1 is 1.03 bits per heavy atom. The highest BCUT2D eigenvalue weighted by Gasteiger charge is 2.30. The molecule has 0 saturated carbocycles. The fourth-order valence-electron chi connectivity index (χ4n) is 4.05. The van der Waals surface area contributed by atoms with E-state index in [2.05, 4.69) is 5.32 Å². The third-order valence-electron chi connectivity index (χ3n) is 5.54. The van der Waals surface area contributed by atoms with Crippen LogP contribution >= 0.6 is 0 Å². The van der Waals surface area contributed by atoms with Crippen LogP contribution < -0.4 is 10.1 Å². The van der Waals surface area contributed by atoms with Crippen molar-refractivity contribution in [2.45, 2.75) is 12.8 Å². The Kier molecular flexibility index (Phi) is 5.84. The SMILES string of the molecule is COc1ccc(C(=O)N2CCCC(C(=O)Nc3cc(F)cc(F)c3)C2)c2ccccc12. The van der Waals surface area contributed by atoms with Gasteiger partial charge in [-0.05, 0) is 42.5 Å². The molecule has 1 fully saturated rings. The summed E-state index contributed by atoms with van der Waals surface area (Å²) >= 11 is 0. The number of hydrogen-bond donors (Lipinski definition) is 1. The number of anilines is 1. The first-order valence-electron chi connectivity index (χ1n) is 10.1. The van der Waals surface area contributed by atoms with Gasteiger partial charge in [-0.3, -0.25) is 9.59 Å². The van der Waals surface area contributed by atoms with Gasteiger partial charge in [-0.2, -0.15) is 0 Å². The van der Waals surface area contributed by atoms with Crippen molar-refractivity contribution < 1.29 is 23.1 Å². The lowest BCUT2D eigenvalue weighted by Crippen LogP contribution is -2.43. The highest BCUT2D eigenvalue weighted by molar-refractivity contribution is 6.08. The quantitative estimate of drug-likeness (QED) is 0.665. The topological polar surface area (TPSA) is 58.6 Å². The van der Waals surface area contributed by atoms with Gasteiger partial charge >= 0.3 is 0 Å². The van der Waals surface area contributed by atoms with Gasteiger partial charge in [-0.15, -0.1) is 0 Å². The molecule has 1 unspecified atom stereocenters. The van der Waals surface area contributed by atoms with Gasteiger partial charge in [0.2, 0.25) is 5.91 Å². The molecule has 7 heteroatoms. The number of halogens is 2. The molecule has 1 aliphatic rings. The number of piperidine rings is 1. The van der Waals surface area contributed by atoms with Crippen LogP contribution in [-0.2, 0) is 4.79 Å². The Balaban J connectivity index is 1.53. The lowest BCUT2D eigenvalue weighted by molar-refractivity contribution is -0.121. The standard InChI is InChI=1S/C24H22F2N2O3/c1-31-22-9-8-21(19-6-2-3-7-20(19)22)24(30)28-10-4-5-15(14-28)23(29)27-18-12-16(25)11-17(26)13-18/h2-3,6-9,11-13,15H,4-5,10,14H2,1H3,(H,27,29). The Labute approximate surface area is 178 Å². The van der Waals surface area contributed by atoms with Crippen molar-refractivity contribution in [3.05, 3.63) is 71.8 Å². The summed E-state index contributed by atoms with van der Waals surface area (Å²) in [6, 6.07) is 13.9. The van der Waals surface area contributed by atoms with E-state index in [1.807, 2.05) is 24.3 Å². The molecule has 1 saturated heterocycles. The number of nitrogens with zero attached hydrogens (tertiary/aromatic N) is 1. The van der Waals surface area contributed by atoms with Gasteiger partial charge in [-0.25, -0.2) is 8.78 Å². The molecular weight excluding hydrogens is 402 g/mol. The normalized spacial score (nSPS) is 16.2. The van der Waals surface area contributed by atoms with E-state index < -0.39 is 17.6 Å². The lowest BCUT2D eigenvalue weighted by Gasteiger charge is -2.32. The molecule has 1 N–H and O–H groups in total. The molecular formula is C24H22F2N2O3. The summed E-state index contributed by atoms with van der Waals surface area (Å²) in [7, 11) is 1.58. The van der Waals surface area contributed by atoms with E-state index in [1.165, 1.54) is 0 Å². The zero-order valence-corrected chi connectivity index (χ0v) is 17.0. The van der Waals surface area contributed by atoms with Crippen molar-refractivity contribution in [2.24, 2.45) is 5.92 Å². The van der Waals surface area contributed by atoms with E-state index in [1.54, 1.807) is 24.1 Å². The summed E-state index contributed by atoms with van der Waals surface area (Å²) in [5.41, 5.74) is 0.608. The molecule has 0 aromatic heterocycles. The molecule has 1 aliphatic heterocycles. The first-order valence-corrected chi connectivity index (χ1v) is 10.1. The fourth-order valence-corrected chi connectivity index (χ4v) is 4.05. The minimum Gasteiger partial charge on any atom is -0.496 e. The van der Waals surface area contributed by atoms with Crippen LogP contribution in [-0.4, -0.2) is 36.9 Å². The van der Waals surface area contributed by atoms with Crippen LogP contribution in [0, 0.1) is 17.6 Å². The number of methoxy groups -OCH3 is 1. The average Bonchev–Trinajstić information content (AvgIpc) is 2.77. The maximum Gasteiger partial charge on any atom is 0.254 e. The van der Waals surface area contributed by atoms with Crippen molar-refractivity contribution in [1.82, 2.24) is 4.90 Å². The number of carbonyl (C=O) groups excluding carboxylic acids is 2. The Bertz CT molecular complexity index is 1130. The number of nitrogens with one attached hydrogen (secondary N) is 1. The number of carbonyl (C=O) groups is 2. The highest BCUT2D eigenvalue weighted by Crippen LogP contribution is 2.30. The largest absolute Gasteiger partial charge is 0.496 e. The van der Waals surface area contributed by atoms with Gasteiger partial charge in [0.1, 0.15) is 17.4 Å². The van der Waals surface area contributed by atoms with E-state index >= 15 is 0 Å². The monoisotopic (exact) mass is 424 g/mol. The Morgan fingerprint density at radius 2 is 1.74 bits per heavy atom. The summed E-state index contributed by atoms with van der Waals surface area (Å²) in [6.45, 7) is 0.778. The van der Waals surface area contributed by atoms with Gasteiger partial charge in [0, 0.05) is 35.8 Å². The van der Waals surface area contributed by atoms with Crippen LogP contribution in [0.1, 0.15) is 23.2 Å². The van der Waals surface area contributed by atoms with E-state index in [9.17, 15) is 18.4 Å². The van der Waals surface area contributed by atoms with Crippen molar-refractivity contribution >= 4 is 28.3 Å². The summed E-state index contributed by atoms with van der Waals surface area (Å²) < 4.78 is 32.2. The second kappa shape index (κ2) is 8.71. The van der Waals surface area contributed by atoms with Gasteiger partial charge in [-0.1, -0.05) is 24.3 Å². The van der Waals surface area contributed by atoms with E-state index in [4.69, 9.17) is 4.74 Å². The van der Waals surface area contributed by atoms with Crippen LogP contribution in [0.4, 0.5) is 14.5 Å². The first-order chi connectivity index (χ1) is 15.0. The maximum absolute atomic E-state index is 13.4. The molecule has 0 aliphatic carbocycles. The predicted octanol–water partition coefficient (Wildman–Crippen LogP) is 4.62. The molecule has 0 spiro atoms. The van der Waals surface area contributed by atoms with Crippen LogP contribution in [0.3, 0.4) is 0 Å². The van der Waals surface area contributed by atoms with Crippen molar-refractivity contribution in [3.8, 4) is 5.75 Å². The first kappa shape index (κ1) is 20.8. The third-order valence-corrected chi connectivity index (χ3v) is 5.54. The van der Waals surface area contributed by atoms with Crippen LogP contribution in [0.15, 0.2) is 54.6 Å². The Morgan fingerprint density at radius 3 is 2.45 bits per heavy atom. The fraction of sp³-hybridized carbons (Fsp3) is 0.250. The van der Waals surface area contributed by atoms with E-state index in [-0.39, 0.29) is 24.0 Å². The van der Waals surface area contributed by atoms with E-state index in [0.29, 0.717) is 30.7 Å². The highest BCUT2D eigenvalue weighted by atomic mass is 19.1. The summed E-state index contributed by atoms with van der Waals surface area (Å²) in [6.07, 6.45) is 1.26. The molecule has 0 radical (unpaired) electrons. The molecule has 31 heavy (non-hydrogen) atoms. The molecule has 1 heterocycles. The predicted molar refractivity (Wildman–Crippen MR) is 114 cm³/mol. The van der Waals surface area contributed by atoms with Crippen molar-refractivity contribution in [1.29, 1.82) is 0 Å². The summed E-state index contributed by atoms with van der Waals surface area (Å²) in [5, 5.41) is 4.19. The van der Waals surface area contributed by atoms with Crippen LogP contribution in [0.2, 0.25) is 0 Å². The minimum absolute atomic E-state index is 0.0621. The summed E-state index contributed by atoms with van der Waals surface area (Å²) in [5.74, 6) is -1.82. The van der Waals surface area contributed by atoms with Gasteiger partial charge in [0.05, 0.1) is 13.0 Å².